The van der Waals surface area contributed by atoms with Gasteiger partial charge < -0.3 is 5.32 Å². The zero-order valence-electron chi connectivity index (χ0n) is 10.0. The first-order valence-electron chi connectivity index (χ1n) is 6.21. The van der Waals surface area contributed by atoms with Crippen LogP contribution in [-0.4, -0.2) is 16.5 Å². The Hall–Kier alpha value is -1.13. The standard InChI is InChI=1S/C14H11BrClN3/c15-10-6-18-13-11(12(10)16)14(7-19-13)5-9(14)8-1-3-17-4-2-8/h1-4,6,9H,5,7H2,(H,18,19)/t9-,14?/m1/s1. The number of anilines is 1. The maximum atomic E-state index is 6.48. The first-order chi connectivity index (χ1) is 9.22. The van der Waals surface area contributed by atoms with Crippen molar-refractivity contribution in [1.29, 1.82) is 0 Å². The van der Waals surface area contributed by atoms with Gasteiger partial charge in [-0.2, -0.15) is 0 Å². The summed E-state index contributed by atoms with van der Waals surface area (Å²) in [5.41, 5.74) is 2.62. The molecule has 2 atom stereocenters. The lowest BCUT2D eigenvalue weighted by Crippen LogP contribution is -2.12. The molecule has 3 nitrogen and oxygen atoms in total. The highest BCUT2D eigenvalue weighted by Crippen LogP contribution is 2.65. The average Bonchev–Trinajstić information content (AvgIpc) is 3.04. The van der Waals surface area contributed by atoms with E-state index in [-0.39, 0.29) is 5.41 Å². The molecule has 96 valence electrons. The van der Waals surface area contributed by atoms with Crippen molar-refractivity contribution >= 4 is 33.3 Å². The van der Waals surface area contributed by atoms with E-state index < -0.39 is 0 Å². The van der Waals surface area contributed by atoms with Crippen LogP contribution in [0, 0.1) is 0 Å². The van der Waals surface area contributed by atoms with Crippen LogP contribution >= 0.6 is 27.5 Å². The summed E-state index contributed by atoms with van der Waals surface area (Å²) in [5, 5.41) is 4.19. The Balaban J connectivity index is 1.81. The zero-order chi connectivity index (χ0) is 13.0. The summed E-state index contributed by atoms with van der Waals surface area (Å²) in [7, 11) is 0. The summed E-state index contributed by atoms with van der Waals surface area (Å²) in [4.78, 5) is 8.51. The van der Waals surface area contributed by atoms with E-state index in [0.717, 1.165) is 28.3 Å². The Labute approximate surface area is 124 Å². The molecule has 1 fully saturated rings. The van der Waals surface area contributed by atoms with Crippen molar-refractivity contribution in [3.8, 4) is 0 Å². The lowest BCUT2D eigenvalue weighted by molar-refractivity contribution is 0.739. The van der Waals surface area contributed by atoms with E-state index in [9.17, 15) is 0 Å². The molecule has 2 aromatic heterocycles. The molecule has 0 amide bonds. The quantitative estimate of drug-likeness (QED) is 0.862. The van der Waals surface area contributed by atoms with Gasteiger partial charge in [0.25, 0.3) is 0 Å². The molecule has 0 radical (unpaired) electrons. The molecule has 1 unspecified atom stereocenters. The van der Waals surface area contributed by atoms with Crippen LogP contribution in [-0.2, 0) is 5.41 Å². The normalized spacial score (nSPS) is 27.2. The maximum Gasteiger partial charge on any atom is 0.131 e. The highest BCUT2D eigenvalue weighted by Gasteiger charge is 2.60. The lowest BCUT2D eigenvalue weighted by atomic mass is 9.94. The summed E-state index contributed by atoms with van der Waals surface area (Å²) < 4.78 is 0.872. The molecule has 1 N–H and O–H groups in total. The number of pyridine rings is 2. The molecule has 0 bridgehead atoms. The molecule has 1 aliphatic carbocycles. The average molecular weight is 337 g/mol. The van der Waals surface area contributed by atoms with Crippen LogP contribution in [0.15, 0.2) is 35.2 Å². The van der Waals surface area contributed by atoms with Crippen LogP contribution in [0.2, 0.25) is 5.02 Å². The molecule has 0 aromatic carbocycles. The third-order valence-electron chi connectivity index (χ3n) is 4.23. The Morgan fingerprint density at radius 1 is 1.37 bits per heavy atom. The second-order valence-electron chi connectivity index (χ2n) is 5.19. The smallest absolute Gasteiger partial charge is 0.131 e. The molecule has 2 aromatic rings. The van der Waals surface area contributed by atoms with Gasteiger partial charge in [0.1, 0.15) is 5.82 Å². The largest absolute Gasteiger partial charge is 0.369 e. The summed E-state index contributed by atoms with van der Waals surface area (Å²) in [6.45, 7) is 0.915. The maximum absolute atomic E-state index is 6.48. The Morgan fingerprint density at radius 3 is 2.95 bits per heavy atom. The second-order valence-corrected chi connectivity index (χ2v) is 6.42. The van der Waals surface area contributed by atoms with Crippen LogP contribution in [0.5, 0.6) is 0 Å². The van der Waals surface area contributed by atoms with Crippen molar-refractivity contribution < 1.29 is 0 Å². The third-order valence-corrected chi connectivity index (χ3v) is 5.45. The minimum absolute atomic E-state index is 0.116. The van der Waals surface area contributed by atoms with E-state index in [1.54, 1.807) is 6.20 Å². The molecule has 1 aliphatic heterocycles. The molecule has 1 spiro atoms. The van der Waals surface area contributed by atoms with E-state index >= 15 is 0 Å². The van der Waals surface area contributed by atoms with Crippen LogP contribution < -0.4 is 5.32 Å². The van der Waals surface area contributed by atoms with Crippen LogP contribution in [0.25, 0.3) is 0 Å². The van der Waals surface area contributed by atoms with Crippen LogP contribution in [0.3, 0.4) is 0 Å². The Morgan fingerprint density at radius 2 is 2.16 bits per heavy atom. The molecular weight excluding hydrogens is 326 g/mol. The molecule has 4 rings (SSSR count). The topological polar surface area (TPSA) is 37.8 Å². The monoisotopic (exact) mass is 335 g/mol. The third kappa shape index (κ3) is 1.56. The number of aromatic nitrogens is 2. The van der Waals surface area contributed by atoms with Crippen molar-refractivity contribution in [2.75, 3.05) is 11.9 Å². The predicted molar refractivity (Wildman–Crippen MR) is 78.7 cm³/mol. The lowest BCUT2D eigenvalue weighted by Gasteiger charge is -2.12. The first kappa shape index (κ1) is 11.7. The van der Waals surface area contributed by atoms with Gasteiger partial charge in [-0.3, -0.25) is 4.98 Å². The van der Waals surface area contributed by atoms with E-state index in [0.29, 0.717) is 5.92 Å². The molecule has 19 heavy (non-hydrogen) atoms. The molecule has 3 heterocycles. The number of halogens is 2. The fourth-order valence-corrected chi connectivity index (χ4v) is 3.82. The second kappa shape index (κ2) is 3.93. The van der Waals surface area contributed by atoms with Crippen molar-refractivity contribution in [3.05, 3.63) is 51.3 Å². The van der Waals surface area contributed by atoms with Gasteiger partial charge in [0.15, 0.2) is 0 Å². The van der Waals surface area contributed by atoms with Gasteiger partial charge in [0.05, 0.1) is 9.50 Å². The minimum Gasteiger partial charge on any atom is -0.369 e. The van der Waals surface area contributed by atoms with Gasteiger partial charge in [-0.25, -0.2) is 4.98 Å². The van der Waals surface area contributed by atoms with Gasteiger partial charge in [0, 0.05) is 36.1 Å². The number of hydrogen-bond acceptors (Lipinski definition) is 3. The summed E-state index contributed by atoms with van der Waals surface area (Å²) in [6.07, 6.45) is 6.59. The van der Waals surface area contributed by atoms with Crippen LogP contribution in [0.1, 0.15) is 23.5 Å². The van der Waals surface area contributed by atoms with Gasteiger partial charge in [-0.1, -0.05) is 11.6 Å². The van der Waals surface area contributed by atoms with Crippen molar-refractivity contribution in [2.45, 2.75) is 17.8 Å². The molecule has 2 aliphatic rings. The van der Waals surface area contributed by atoms with Crippen molar-refractivity contribution in [3.63, 3.8) is 0 Å². The fourth-order valence-electron chi connectivity index (χ4n) is 3.19. The van der Waals surface area contributed by atoms with Crippen LogP contribution in [0.4, 0.5) is 5.82 Å². The van der Waals surface area contributed by atoms with E-state index in [1.807, 2.05) is 12.4 Å². The predicted octanol–water partition coefficient (Wildman–Crippen LogP) is 3.74. The minimum atomic E-state index is 0.116. The zero-order valence-corrected chi connectivity index (χ0v) is 12.4. The van der Waals surface area contributed by atoms with Crippen molar-refractivity contribution in [1.82, 2.24) is 9.97 Å². The first-order valence-corrected chi connectivity index (χ1v) is 7.38. The summed E-state index contributed by atoms with van der Waals surface area (Å²) in [6, 6.07) is 4.19. The summed E-state index contributed by atoms with van der Waals surface area (Å²) in [5.74, 6) is 1.45. The number of nitrogens with zero attached hydrogens (tertiary/aromatic N) is 2. The number of hydrogen-bond donors (Lipinski definition) is 1. The van der Waals surface area contributed by atoms with Crippen molar-refractivity contribution in [2.24, 2.45) is 0 Å². The highest BCUT2D eigenvalue weighted by molar-refractivity contribution is 9.10. The summed E-state index contributed by atoms with van der Waals surface area (Å²) >= 11 is 9.95. The van der Waals surface area contributed by atoms with Gasteiger partial charge in [-0.15, -0.1) is 0 Å². The van der Waals surface area contributed by atoms with Gasteiger partial charge in [0.2, 0.25) is 0 Å². The fraction of sp³-hybridized carbons (Fsp3) is 0.286. The molecule has 5 heteroatoms. The van der Waals surface area contributed by atoms with Gasteiger partial charge in [-0.05, 0) is 46.0 Å². The number of rotatable bonds is 1. The molecular formula is C14H11BrClN3. The van der Waals surface area contributed by atoms with E-state index in [2.05, 4.69) is 43.3 Å². The Kier molecular flexibility index (Phi) is 2.42. The Bertz CT molecular complexity index is 661. The van der Waals surface area contributed by atoms with Gasteiger partial charge >= 0.3 is 0 Å². The van der Waals surface area contributed by atoms with E-state index in [1.165, 1.54) is 11.1 Å². The SMILES string of the molecule is Clc1c(Br)cnc2c1C1(CN2)C[C@@H]1c1ccncc1. The number of nitrogens with one attached hydrogen (secondary N) is 1. The van der Waals surface area contributed by atoms with E-state index in [4.69, 9.17) is 11.6 Å². The molecule has 1 saturated carbocycles. The molecule has 0 saturated heterocycles. The highest BCUT2D eigenvalue weighted by atomic mass is 79.9. The number of fused-ring (bicyclic) bond motifs is 2.